The number of hydrogen-bond donors (Lipinski definition) is 5. The first-order chi connectivity index (χ1) is 25.5. The molecule has 0 aliphatic heterocycles. The molecule has 0 heterocycles. The summed E-state index contributed by atoms with van der Waals surface area (Å²) in [5, 5.41) is 43.7. The van der Waals surface area contributed by atoms with E-state index < -0.39 is 36.9 Å². The molecule has 0 aromatic heterocycles. The average molecular weight is 736 g/mol. The Bertz CT molecular complexity index is 787. The molecule has 308 valence electrons. The molecule has 6 heteroatoms. The Balaban J connectivity index is 3.77. The van der Waals surface area contributed by atoms with Crippen LogP contribution < -0.4 is 5.32 Å². The van der Waals surface area contributed by atoms with Gasteiger partial charge in [0.2, 0.25) is 5.91 Å². The fourth-order valence-electron chi connectivity index (χ4n) is 7.01. The first-order valence-electron chi connectivity index (χ1n) is 22.7. The lowest BCUT2D eigenvalue weighted by atomic mass is 10.00. The van der Waals surface area contributed by atoms with E-state index in [1.807, 2.05) is 0 Å². The molecule has 5 N–H and O–H groups in total. The molecule has 52 heavy (non-hydrogen) atoms. The molecule has 0 bridgehead atoms. The van der Waals surface area contributed by atoms with Crippen molar-refractivity contribution in [3.63, 3.8) is 0 Å². The quantitative estimate of drug-likeness (QED) is 0.0317. The molecular weight excluding hydrogens is 647 g/mol. The van der Waals surface area contributed by atoms with Crippen molar-refractivity contribution in [1.82, 2.24) is 5.32 Å². The number of amides is 1. The monoisotopic (exact) mass is 736 g/mol. The minimum atomic E-state index is -1.29. The van der Waals surface area contributed by atoms with Crippen LogP contribution in [0.25, 0.3) is 0 Å². The number of rotatable bonds is 41. The van der Waals surface area contributed by atoms with Gasteiger partial charge in [0.05, 0.1) is 18.8 Å². The van der Waals surface area contributed by atoms with Gasteiger partial charge in [0.15, 0.2) is 0 Å². The summed E-state index contributed by atoms with van der Waals surface area (Å²) >= 11 is 0. The summed E-state index contributed by atoms with van der Waals surface area (Å²) in [5.74, 6) is -0.595. The number of aliphatic hydroxyl groups is 4. The van der Waals surface area contributed by atoms with Gasteiger partial charge in [-0.1, -0.05) is 205 Å². The molecule has 4 atom stereocenters. The van der Waals surface area contributed by atoms with E-state index >= 15 is 0 Å². The fraction of sp³-hybridized carbons (Fsp3) is 0.891. The van der Waals surface area contributed by atoms with E-state index in [9.17, 15) is 25.2 Å². The third kappa shape index (κ3) is 34.6. The fourth-order valence-corrected chi connectivity index (χ4v) is 7.01. The van der Waals surface area contributed by atoms with E-state index in [-0.39, 0.29) is 0 Å². The zero-order valence-corrected chi connectivity index (χ0v) is 34.6. The molecular formula is C46H89NO5. The Morgan fingerprint density at radius 3 is 1.21 bits per heavy atom. The average Bonchev–Trinajstić information content (AvgIpc) is 3.15. The van der Waals surface area contributed by atoms with Crippen molar-refractivity contribution in [3.05, 3.63) is 24.3 Å². The molecule has 0 saturated heterocycles. The molecule has 0 saturated carbocycles. The molecule has 0 aliphatic rings. The van der Waals surface area contributed by atoms with Crippen LogP contribution in [-0.2, 0) is 4.79 Å². The van der Waals surface area contributed by atoms with Gasteiger partial charge in [-0.05, 0) is 51.4 Å². The maximum Gasteiger partial charge on any atom is 0.249 e. The van der Waals surface area contributed by atoms with Gasteiger partial charge in [0.25, 0.3) is 0 Å². The van der Waals surface area contributed by atoms with Crippen molar-refractivity contribution in [2.24, 2.45) is 0 Å². The van der Waals surface area contributed by atoms with Gasteiger partial charge in [-0.3, -0.25) is 4.79 Å². The lowest BCUT2D eigenvalue weighted by molar-refractivity contribution is -0.132. The van der Waals surface area contributed by atoms with Crippen molar-refractivity contribution in [3.8, 4) is 0 Å². The van der Waals surface area contributed by atoms with Crippen LogP contribution in [0.5, 0.6) is 0 Å². The van der Waals surface area contributed by atoms with Gasteiger partial charge in [-0.25, -0.2) is 0 Å². The van der Waals surface area contributed by atoms with Gasteiger partial charge < -0.3 is 25.7 Å². The molecule has 6 nitrogen and oxygen atoms in total. The lowest BCUT2D eigenvalue weighted by Crippen LogP contribution is -2.53. The number of aliphatic hydroxyl groups excluding tert-OH is 4. The topological polar surface area (TPSA) is 110 Å². The van der Waals surface area contributed by atoms with Crippen molar-refractivity contribution >= 4 is 5.91 Å². The highest BCUT2D eigenvalue weighted by Crippen LogP contribution is 2.16. The summed E-state index contributed by atoms with van der Waals surface area (Å²) in [6.45, 7) is 4.04. The Kier molecular flexibility index (Phi) is 40.0. The van der Waals surface area contributed by atoms with Crippen LogP contribution in [-0.4, -0.2) is 57.3 Å². The maximum absolute atomic E-state index is 12.5. The van der Waals surface area contributed by atoms with Gasteiger partial charge in [-0.15, -0.1) is 0 Å². The molecule has 1 amide bonds. The smallest absolute Gasteiger partial charge is 0.249 e. The summed E-state index contributed by atoms with van der Waals surface area (Å²) in [5.41, 5.74) is 0. The van der Waals surface area contributed by atoms with Crippen molar-refractivity contribution in [1.29, 1.82) is 0 Å². The standard InChI is InChI=1S/C46H89NO5/c1-3-5-7-9-11-13-15-17-19-21-22-24-26-28-30-32-34-36-38-40-44(50)46(52)47-42(41-48)45(51)43(49)39-37-35-33-31-29-27-25-23-20-18-16-14-12-10-8-6-4-2/h23,25,31,33,42-45,48-51H,3-22,24,26-30,32,34-41H2,1-2H3,(H,47,52)/b25-23+,33-31+. The van der Waals surface area contributed by atoms with Crippen LogP contribution in [0.1, 0.15) is 232 Å². The minimum absolute atomic E-state index is 0.364. The summed E-state index contributed by atoms with van der Waals surface area (Å²) in [4.78, 5) is 12.5. The second-order valence-corrected chi connectivity index (χ2v) is 15.7. The number of hydrogen-bond acceptors (Lipinski definition) is 5. The second kappa shape index (κ2) is 41.0. The van der Waals surface area contributed by atoms with E-state index in [0.717, 1.165) is 38.5 Å². The molecule has 0 aromatic carbocycles. The summed E-state index contributed by atoms with van der Waals surface area (Å²) < 4.78 is 0. The van der Waals surface area contributed by atoms with E-state index in [0.29, 0.717) is 19.3 Å². The van der Waals surface area contributed by atoms with Crippen LogP contribution in [0.4, 0.5) is 0 Å². The zero-order chi connectivity index (χ0) is 38.2. The first kappa shape index (κ1) is 50.8. The summed E-state index contributed by atoms with van der Waals surface area (Å²) in [6.07, 6.45) is 46.4. The van der Waals surface area contributed by atoms with E-state index in [1.54, 1.807) is 0 Å². The summed E-state index contributed by atoms with van der Waals surface area (Å²) in [7, 11) is 0. The van der Waals surface area contributed by atoms with E-state index in [2.05, 4.69) is 43.5 Å². The Morgan fingerprint density at radius 2 is 0.808 bits per heavy atom. The Labute approximate surface area is 323 Å². The van der Waals surface area contributed by atoms with E-state index in [1.165, 1.54) is 161 Å². The number of unbranched alkanes of at least 4 members (excludes halogenated alkanes) is 28. The minimum Gasteiger partial charge on any atom is -0.394 e. The normalized spacial score (nSPS) is 14.3. The largest absolute Gasteiger partial charge is 0.394 e. The van der Waals surface area contributed by atoms with Crippen LogP contribution in [0.15, 0.2) is 24.3 Å². The Hall–Kier alpha value is -1.21. The molecule has 4 unspecified atom stereocenters. The number of carbonyl (C=O) groups is 1. The SMILES string of the molecule is CCCCCCCCCC/C=C/CC/C=C/CCCC(O)C(O)C(CO)NC(=O)C(O)CCCCCCCCCCCCCCCCCCCCC. The zero-order valence-electron chi connectivity index (χ0n) is 34.6. The number of nitrogens with one attached hydrogen (secondary N) is 1. The maximum atomic E-state index is 12.5. The van der Waals surface area contributed by atoms with Gasteiger partial charge in [0.1, 0.15) is 12.2 Å². The number of carbonyl (C=O) groups excluding carboxylic acids is 1. The molecule has 0 spiro atoms. The van der Waals surface area contributed by atoms with E-state index in [4.69, 9.17) is 0 Å². The third-order valence-electron chi connectivity index (χ3n) is 10.6. The van der Waals surface area contributed by atoms with Crippen LogP contribution in [0.2, 0.25) is 0 Å². The predicted octanol–water partition coefficient (Wildman–Crippen LogP) is 12.0. The van der Waals surface area contributed by atoms with Crippen molar-refractivity contribution < 1.29 is 25.2 Å². The molecule has 0 rings (SSSR count). The highest BCUT2D eigenvalue weighted by molar-refractivity contribution is 5.80. The lowest BCUT2D eigenvalue weighted by Gasteiger charge is -2.27. The Morgan fingerprint density at radius 1 is 0.462 bits per heavy atom. The molecule has 0 aromatic rings. The number of allylic oxidation sites excluding steroid dienone is 4. The van der Waals surface area contributed by atoms with Crippen LogP contribution in [0.3, 0.4) is 0 Å². The van der Waals surface area contributed by atoms with Crippen molar-refractivity contribution in [2.45, 2.75) is 257 Å². The first-order valence-corrected chi connectivity index (χ1v) is 22.7. The van der Waals surface area contributed by atoms with Crippen LogP contribution >= 0.6 is 0 Å². The predicted molar refractivity (Wildman–Crippen MR) is 224 cm³/mol. The molecule has 0 radical (unpaired) electrons. The van der Waals surface area contributed by atoms with Crippen molar-refractivity contribution in [2.75, 3.05) is 6.61 Å². The second-order valence-electron chi connectivity index (χ2n) is 15.7. The molecule has 0 fully saturated rings. The van der Waals surface area contributed by atoms with Gasteiger partial charge in [0, 0.05) is 0 Å². The van der Waals surface area contributed by atoms with Crippen LogP contribution in [0, 0.1) is 0 Å². The van der Waals surface area contributed by atoms with Gasteiger partial charge >= 0.3 is 0 Å². The third-order valence-corrected chi connectivity index (χ3v) is 10.6. The molecule has 0 aliphatic carbocycles. The highest BCUT2D eigenvalue weighted by Gasteiger charge is 2.28. The summed E-state index contributed by atoms with van der Waals surface area (Å²) in [6, 6.07) is -1.00. The van der Waals surface area contributed by atoms with Gasteiger partial charge in [-0.2, -0.15) is 0 Å². The highest BCUT2D eigenvalue weighted by atomic mass is 16.3.